The molecule has 0 amide bonds. The van der Waals surface area contributed by atoms with Crippen LogP contribution in [0.25, 0.3) is 0 Å². The van der Waals surface area contributed by atoms with Gasteiger partial charge in [0.2, 0.25) is 0 Å². The molecule has 4 nitrogen and oxygen atoms in total. The molecule has 0 spiro atoms. The van der Waals surface area contributed by atoms with Gasteiger partial charge in [-0.2, -0.15) is 0 Å². The molecule has 27 heavy (non-hydrogen) atoms. The van der Waals surface area contributed by atoms with E-state index in [-0.39, 0.29) is 11.4 Å². The van der Waals surface area contributed by atoms with Gasteiger partial charge in [-0.25, -0.2) is 8.42 Å². The summed E-state index contributed by atoms with van der Waals surface area (Å²) in [5.41, 5.74) is 1.24. The van der Waals surface area contributed by atoms with Crippen molar-refractivity contribution in [1.29, 1.82) is 0 Å². The van der Waals surface area contributed by atoms with Crippen molar-refractivity contribution in [3.63, 3.8) is 0 Å². The van der Waals surface area contributed by atoms with E-state index in [4.69, 9.17) is 27.9 Å². The number of benzene rings is 3. The van der Waals surface area contributed by atoms with E-state index in [9.17, 15) is 8.42 Å². The molecule has 0 aliphatic rings. The first-order valence-corrected chi connectivity index (χ1v) is 10.3. The van der Waals surface area contributed by atoms with E-state index in [0.717, 1.165) is 5.56 Å². The van der Waals surface area contributed by atoms with Crippen molar-refractivity contribution in [1.82, 2.24) is 0 Å². The van der Waals surface area contributed by atoms with Crippen LogP contribution in [0.15, 0.2) is 77.7 Å². The van der Waals surface area contributed by atoms with Gasteiger partial charge >= 0.3 is 0 Å². The van der Waals surface area contributed by atoms with E-state index in [1.165, 1.54) is 4.31 Å². The van der Waals surface area contributed by atoms with E-state index in [2.05, 4.69) is 0 Å². The zero-order valence-corrected chi connectivity index (χ0v) is 16.8. The summed E-state index contributed by atoms with van der Waals surface area (Å²) in [5.74, 6) is 0.644. The second-order valence-electron chi connectivity index (χ2n) is 5.77. The van der Waals surface area contributed by atoms with Crippen molar-refractivity contribution >= 4 is 38.9 Å². The van der Waals surface area contributed by atoms with E-state index in [1.54, 1.807) is 79.9 Å². The fraction of sp³-hybridized carbons (Fsp3) is 0.100. The maximum atomic E-state index is 13.3. The summed E-state index contributed by atoms with van der Waals surface area (Å²) in [6.07, 6.45) is 0. The number of anilines is 1. The van der Waals surface area contributed by atoms with E-state index in [1.807, 2.05) is 0 Å². The summed E-state index contributed by atoms with van der Waals surface area (Å²) in [5, 5.41) is 0.795. The van der Waals surface area contributed by atoms with Gasteiger partial charge in [0.05, 0.1) is 34.3 Å². The van der Waals surface area contributed by atoms with Crippen LogP contribution in [0.5, 0.6) is 5.75 Å². The number of halogens is 2. The van der Waals surface area contributed by atoms with Gasteiger partial charge in [0, 0.05) is 0 Å². The van der Waals surface area contributed by atoms with Gasteiger partial charge in [0.25, 0.3) is 10.0 Å². The van der Waals surface area contributed by atoms with Gasteiger partial charge in [-0.05, 0) is 54.1 Å². The molecule has 0 saturated carbocycles. The monoisotopic (exact) mass is 421 g/mol. The van der Waals surface area contributed by atoms with Gasteiger partial charge in [0.1, 0.15) is 5.75 Å². The third-order valence-electron chi connectivity index (χ3n) is 4.00. The van der Waals surface area contributed by atoms with Crippen molar-refractivity contribution in [2.45, 2.75) is 11.4 Å². The molecule has 7 heteroatoms. The largest absolute Gasteiger partial charge is 0.497 e. The van der Waals surface area contributed by atoms with Crippen molar-refractivity contribution < 1.29 is 13.2 Å². The summed E-state index contributed by atoms with van der Waals surface area (Å²) in [6.45, 7) is 0.112. The number of ether oxygens (including phenoxy) is 1. The minimum absolute atomic E-state index is 0.112. The predicted molar refractivity (Wildman–Crippen MR) is 109 cm³/mol. The molecule has 0 aliphatic heterocycles. The quantitative estimate of drug-likeness (QED) is 0.535. The molecule has 0 fully saturated rings. The second-order valence-corrected chi connectivity index (χ2v) is 8.45. The lowest BCUT2D eigenvalue weighted by Crippen LogP contribution is -2.30. The van der Waals surface area contributed by atoms with Crippen molar-refractivity contribution in [3.8, 4) is 5.75 Å². The Balaban J connectivity index is 2.06. The summed E-state index contributed by atoms with van der Waals surface area (Å²) >= 11 is 12.1. The minimum atomic E-state index is -3.78. The summed E-state index contributed by atoms with van der Waals surface area (Å²) in [4.78, 5) is 0.209. The van der Waals surface area contributed by atoms with Crippen LogP contribution in [-0.2, 0) is 16.6 Å². The number of hydrogen-bond donors (Lipinski definition) is 0. The Morgan fingerprint density at radius 1 is 0.889 bits per heavy atom. The molecule has 0 bridgehead atoms. The lowest BCUT2D eigenvalue weighted by atomic mass is 10.2. The predicted octanol–water partition coefficient (Wildman–Crippen LogP) is 5.40. The molecule has 0 atom stereocenters. The summed E-state index contributed by atoms with van der Waals surface area (Å²) in [7, 11) is -2.22. The fourth-order valence-corrected chi connectivity index (χ4v) is 4.38. The molecule has 0 aliphatic carbocycles. The Morgan fingerprint density at radius 2 is 1.56 bits per heavy atom. The van der Waals surface area contributed by atoms with Crippen LogP contribution >= 0.6 is 23.2 Å². The van der Waals surface area contributed by atoms with Crippen LogP contribution in [-0.4, -0.2) is 15.5 Å². The molecule has 140 valence electrons. The molecule has 0 N–H and O–H groups in total. The summed E-state index contributed by atoms with van der Waals surface area (Å²) in [6, 6.07) is 20.2. The van der Waals surface area contributed by atoms with Crippen molar-refractivity contribution in [2.24, 2.45) is 0 Å². The molecule has 0 saturated heterocycles. The Hall–Kier alpha value is -2.21. The lowest BCUT2D eigenvalue weighted by molar-refractivity contribution is 0.415. The smallest absolute Gasteiger partial charge is 0.264 e. The Kier molecular flexibility index (Phi) is 5.95. The van der Waals surface area contributed by atoms with Crippen molar-refractivity contribution in [3.05, 3.63) is 88.4 Å². The van der Waals surface area contributed by atoms with Crippen LogP contribution in [0.1, 0.15) is 5.56 Å². The van der Waals surface area contributed by atoms with Crippen molar-refractivity contribution in [2.75, 3.05) is 11.4 Å². The number of nitrogens with zero attached hydrogens (tertiary/aromatic N) is 1. The number of hydrogen-bond acceptors (Lipinski definition) is 3. The van der Waals surface area contributed by atoms with Gasteiger partial charge in [0.15, 0.2) is 0 Å². The van der Waals surface area contributed by atoms with Crippen LogP contribution in [0.3, 0.4) is 0 Å². The third kappa shape index (κ3) is 4.38. The fourth-order valence-electron chi connectivity index (χ4n) is 2.59. The maximum absolute atomic E-state index is 13.3. The first kappa shape index (κ1) is 19.5. The third-order valence-corrected chi connectivity index (χ3v) is 6.53. The first-order valence-electron chi connectivity index (χ1n) is 8.07. The maximum Gasteiger partial charge on any atom is 0.264 e. The topological polar surface area (TPSA) is 46.6 Å². The van der Waals surface area contributed by atoms with E-state index >= 15 is 0 Å². The molecule has 0 heterocycles. The highest BCUT2D eigenvalue weighted by atomic mass is 35.5. The molecule has 3 aromatic carbocycles. The first-order chi connectivity index (χ1) is 12.9. The Labute approximate surface area is 169 Å². The highest BCUT2D eigenvalue weighted by molar-refractivity contribution is 7.92. The number of sulfonamides is 1. The molecule has 0 aromatic heterocycles. The number of rotatable bonds is 6. The highest BCUT2D eigenvalue weighted by Gasteiger charge is 2.25. The van der Waals surface area contributed by atoms with Gasteiger partial charge < -0.3 is 4.74 Å². The zero-order valence-electron chi connectivity index (χ0n) is 14.5. The molecule has 3 rings (SSSR count). The standard InChI is InChI=1S/C20H17Cl2NO3S/c1-26-17-10-8-16(9-11-17)23(14-15-7-12-19(21)20(22)13-15)27(24,25)18-5-3-2-4-6-18/h2-13H,14H2,1H3. The lowest BCUT2D eigenvalue weighted by Gasteiger charge is -2.25. The highest BCUT2D eigenvalue weighted by Crippen LogP contribution is 2.29. The molecule has 0 unspecified atom stereocenters. The molecular weight excluding hydrogens is 405 g/mol. The van der Waals surface area contributed by atoms with Gasteiger partial charge in [-0.1, -0.05) is 47.5 Å². The zero-order chi connectivity index (χ0) is 19.4. The molecule has 0 radical (unpaired) electrons. The van der Waals surface area contributed by atoms with E-state index < -0.39 is 10.0 Å². The van der Waals surface area contributed by atoms with Crippen LogP contribution < -0.4 is 9.04 Å². The second kappa shape index (κ2) is 8.21. The van der Waals surface area contributed by atoms with Crippen LogP contribution in [0.4, 0.5) is 5.69 Å². The van der Waals surface area contributed by atoms with Crippen LogP contribution in [0, 0.1) is 0 Å². The number of methoxy groups -OCH3 is 1. The normalized spacial score (nSPS) is 11.2. The van der Waals surface area contributed by atoms with Gasteiger partial charge in [-0.15, -0.1) is 0 Å². The van der Waals surface area contributed by atoms with Gasteiger partial charge in [-0.3, -0.25) is 4.31 Å². The van der Waals surface area contributed by atoms with Crippen LogP contribution in [0.2, 0.25) is 10.0 Å². The summed E-state index contributed by atoms with van der Waals surface area (Å²) < 4.78 is 33.1. The Bertz CT molecular complexity index is 1020. The minimum Gasteiger partial charge on any atom is -0.497 e. The molecule has 3 aromatic rings. The SMILES string of the molecule is COc1ccc(N(Cc2ccc(Cl)c(Cl)c2)S(=O)(=O)c2ccccc2)cc1. The average molecular weight is 422 g/mol. The molecular formula is C20H17Cl2NO3S. The van der Waals surface area contributed by atoms with E-state index in [0.29, 0.717) is 21.5 Å². The average Bonchev–Trinajstić information content (AvgIpc) is 2.69. The Morgan fingerprint density at radius 3 is 2.15 bits per heavy atom.